The molecule has 80 valence electrons. The molecule has 0 bridgehead atoms. The summed E-state index contributed by atoms with van der Waals surface area (Å²) in [5.41, 5.74) is 0. The highest BCUT2D eigenvalue weighted by Crippen LogP contribution is 2.36. The smallest absolute Gasteiger partial charge is 0.192 e. The van der Waals surface area contributed by atoms with Crippen molar-refractivity contribution in [3.05, 3.63) is 0 Å². The molecule has 1 N–H and O–H groups in total. The number of halogens is 1. The Kier molecular flexibility index (Phi) is 5.43. The van der Waals surface area contributed by atoms with Crippen molar-refractivity contribution in [3.8, 4) is 0 Å². The average molecular weight is 316 g/mol. The largest absolute Gasteiger partial charge is 0.414 e. The maximum absolute atomic E-state index is 9.38. The van der Waals surface area contributed by atoms with Gasteiger partial charge in [0, 0.05) is 4.43 Å². The highest BCUT2D eigenvalue weighted by atomic mass is 127. The molecule has 0 fully saturated rings. The third kappa shape index (κ3) is 4.76. The number of alkyl halides is 1. The van der Waals surface area contributed by atoms with Gasteiger partial charge in [0.15, 0.2) is 8.32 Å². The Morgan fingerprint density at radius 3 is 2.15 bits per heavy atom. The molecule has 1 unspecified atom stereocenters. The molecule has 2 nitrogen and oxygen atoms in total. The Morgan fingerprint density at radius 2 is 1.85 bits per heavy atom. The zero-order chi connectivity index (χ0) is 10.7. The van der Waals surface area contributed by atoms with E-state index in [1.807, 2.05) is 0 Å². The van der Waals surface area contributed by atoms with Crippen LogP contribution in [0.25, 0.3) is 0 Å². The standard InChI is InChI=1S/C9H21IO2Si/c1-9(2,3)13(4,5)12-7-8(11)6-10/h8,11H,6-7H2,1-5H3. The molecule has 0 aromatic rings. The van der Waals surface area contributed by atoms with Gasteiger partial charge in [-0.25, -0.2) is 0 Å². The molecule has 0 aliphatic rings. The lowest BCUT2D eigenvalue weighted by Gasteiger charge is -2.36. The van der Waals surface area contributed by atoms with Crippen molar-refractivity contribution in [1.82, 2.24) is 0 Å². The minimum Gasteiger partial charge on any atom is -0.414 e. The molecule has 0 aliphatic carbocycles. The van der Waals surface area contributed by atoms with Crippen LogP contribution in [0.15, 0.2) is 0 Å². The summed E-state index contributed by atoms with van der Waals surface area (Å²) in [7, 11) is -1.65. The molecule has 0 saturated carbocycles. The Bertz CT molecular complexity index is 154. The second-order valence-electron chi connectivity index (χ2n) is 4.88. The molecule has 13 heavy (non-hydrogen) atoms. The van der Waals surface area contributed by atoms with Gasteiger partial charge in [0.1, 0.15) is 0 Å². The second kappa shape index (κ2) is 5.09. The minimum absolute atomic E-state index is 0.234. The molecule has 0 saturated heterocycles. The number of rotatable bonds is 4. The first-order chi connectivity index (χ1) is 5.70. The third-order valence-corrected chi connectivity index (χ3v) is 8.14. The zero-order valence-corrected chi connectivity index (χ0v) is 12.4. The van der Waals surface area contributed by atoms with Crippen molar-refractivity contribution >= 4 is 30.9 Å². The number of aliphatic hydroxyl groups is 1. The van der Waals surface area contributed by atoms with Crippen molar-refractivity contribution in [1.29, 1.82) is 0 Å². The molecule has 0 rings (SSSR count). The van der Waals surface area contributed by atoms with Gasteiger partial charge in [-0.3, -0.25) is 0 Å². The highest BCUT2D eigenvalue weighted by molar-refractivity contribution is 14.1. The van der Waals surface area contributed by atoms with Crippen molar-refractivity contribution in [3.63, 3.8) is 0 Å². The van der Waals surface area contributed by atoms with Crippen molar-refractivity contribution in [2.75, 3.05) is 11.0 Å². The number of hydrogen-bond donors (Lipinski definition) is 1. The SMILES string of the molecule is CC(C)(C)[Si](C)(C)OCC(O)CI. The lowest BCUT2D eigenvalue weighted by Crippen LogP contribution is -2.42. The first kappa shape index (κ1) is 13.9. The topological polar surface area (TPSA) is 29.5 Å². The summed E-state index contributed by atoms with van der Waals surface area (Å²) in [6, 6.07) is 0. The van der Waals surface area contributed by atoms with Gasteiger partial charge in [0.25, 0.3) is 0 Å². The molecule has 0 aliphatic heterocycles. The summed E-state index contributed by atoms with van der Waals surface area (Å²) in [6.07, 6.45) is -0.310. The fourth-order valence-electron chi connectivity index (χ4n) is 0.566. The van der Waals surface area contributed by atoms with Crippen LogP contribution in [0.2, 0.25) is 18.1 Å². The van der Waals surface area contributed by atoms with Crippen LogP contribution in [-0.2, 0) is 4.43 Å². The monoisotopic (exact) mass is 316 g/mol. The maximum Gasteiger partial charge on any atom is 0.192 e. The number of aliphatic hydroxyl groups excluding tert-OH is 1. The number of hydrogen-bond acceptors (Lipinski definition) is 2. The van der Waals surface area contributed by atoms with E-state index < -0.39 is 8.32 Å². The maximum atomic E-state index is 9.38. The van der Waals surface area contributed by atoms with Crippen LogP contribution >= 0.6 is 22.6 Å². The van der Waals surface area contributed by atoms with Crippen molar-refractivity contribution in [2.24, 2.45) is 0 Å². The van der Waals surface area contributed by atoms with E-state index in [1.54, 1.807) is 0 Å². The third-order valence-electron chi connectivity index (χ3n) is 2.62. The summed E-state index contributed by atoms with van der Waals surface area (Å²) >= 11 is 2.17. The molecular weight excluding hydrogens is 295 g/mol. The fraction of sp³-hybridized carbons (Fsp3) is 1.00. The Morgan fingerprint density at radius 1 is 1.38 bits per heavy atom. The van der Waals surface area contributed by atoms with E-state index in [2.05, 4.69) is 56.5 Å². The minimum atomic E-state index is -1.65. The molecule has 0 spiro atoms. The van der Waals surface area contributed by atoms with Crippen molar-refractivity contribution < 1.29 is 9.53 Å². The molecular formula is C9H21IO2Si. The summed E-state index contributed by atoms with van der Waals surface area (Å²) in [6.45, 7) is 11.5. The Labute approximate surface area is 96.3 Å². The summed E-state index contributed by atoms with van der Waals surface area (Å²) in [5.74, 6) is 0. The normalized spacial score (nSPS) is 15.9. The van der Waals surface area contributed by atoms with E-state index in [9.17, 15) is 5.11 Å². The molecule has 4 heteroatoms. The van der Waals surface area contributed by atoms with Gasteiger partial charge in [0.2, 0.25) is 0 Å². The lowest BCUT2D eigenvalue weighted by molar-refractivity contribution is 0.120. The van der Waals surface area contributed by atoms with E-state index in [0.29, 0.717) is 6.61 Å². The van der Waals surface area contributed by atoms with Crippen LogP contribution in [0, 0.1) is 0 Å². The van der Waals surface area contributed by atoms with Crippen LogP contribution in [0.4, 0.5) is 0 Å². The summed E-state index contributed by atoms with van der Waals surface area (Å²) in [4.78, 5) is 0. The lowest BCUT2D eigenvalue weighted by atomic mass is 10.2. The molecule has 0 aromatic heterocycles. The van der Waals surface area contributed by atoms with Gasteiger partial charge in [0.05, 0.1) is 12.7 Å². The van der Waals surface area contributed by atoms with Gasteiger partial charge in [-0.2, -0.15) is 0 Å². The van der Waals surface area contributed by atoms with Crippen LogP contribution in [-0.4, -0.2) is 30.6 Å². The fourth-order valence-corrected chi connectivity index (χ4v) is 1.86. The first-order valence-electron chi connectivity index (χ1n) is 4.58. The zero-order valence-electron chi connectivity index (χ0n) is 9.22. The first-order valence-corrected chi connectivity index (χ1v) is 9.02. The van der Waals surface area contributed by atoms with E-state index in [0.717, 1.165) is 4.43 Å². The van der Waals surface area contributed by atoms with Crippen molar-refractivity contribution in [2.45, 2.75) is 45.0 Å². The molecule has 0 amide bonds. The molecule has 0 heterocycles. The van der Waals surface area contributed by atoms with E-state index in [-0.39, 0.29) is 11.1 Å². The second-order valence-corrected chi connectivity index (χ2v) is 10.6. The highest BCUT2D eigenvalue weighted by Gasteiger charge is 2.37. The van der Waals surface area contributed by atoms with Gasteiger partial charge in [-0.15, -0.1) is 0 Å². The van der Waals surface area contributed by atoms with Crippen LogP contribution < -0.4 is 0 Å². The Hall–Kier alpha value is 0.867. The van der Waals surface area contributed by atoms with Gasteiger partial charge >= 0.3 is 0 Å². The molecule has 1 atom stereocenters. The van der Waals surface area contributed by atoms with Crippen LogP contribution in [0.5, 0.6) is 0 Å². The van der Waals surface area contributed by atoms with E-state index in [4.69, 9.17) is 4.43 Å². The van der Waals surface area contributed by atoms with Gasteiger partial charge < -0.3 is 9.53 Å². The van der Waals surface area contributed by atoms with Crippen LogP contribution in [0.3, 0.4) is 0 Å². The molecule has 0 radical (unpaired) electrons. The van der Waals surface area contributed by atoms with Crippen LogP contribution in [0.1, 0.15) is 20.8 Å². The van der Waals surface area contributed by atoms with Gasteiger partial charge in [-0.05, 0) is 18.1 Å². The summed E-state index contributed by atoms with van der Waals surface area (Å²) < 4.78 is 6.57. The Balaban J connectivity index is 4.04. The van der Waals surface area contributed by atoms with Gasteiger partial charge in [-0.1, -0.05) is 43.4 Å². The predicted octanol–water partition coefficient (Wildman–Crippen LogP) is 2.80. The molecule has 0 aromatic carbocycles. The van der Waals surface area contributed by atoms with E-state index in [1.165, 1.54) is 0 Å². The average Bonchev–Trinajstić information content (AvgIpc) is 1.98. The summed E-state index contributed by atoms with van der Waals surface area (Å²) in [5, 5.41) is 9.61. The predicted molar refractivity (Wildman–Crippen MR) is 68.0 cm³/mol. The quantitative estimate of drug-likeness (QED) is 0.491. The van der Waals surface area contributed by atoms with E-state index >= 15 is 0 Å².